The molecule has 7 heteroatoms. The molecule has 0 atom stereocenters. The van der Waals surface area contributed by atoms with Gasteiger partial charge in [-0.2, -0.15) is 13.2 Å². The van der Waals surface area contributed by atoms with Gasteiger partial charge in [0.1, 0.15) is 5.82 Å². The van der Waals surface area contributed by atoms with Crippen LogP contribution < -0.4 is 11.1 Å². The molecule has 2 aromatic rings. The predicted molar refractivity (Wildman–Crippen MR) is 73.2 cm³/mol. The Hall–Kier alpha value is -1.76. The van der Waals surface area contributed by atoms with Crippen LogP contribution in [0.4, 0.5) is 34.6 Å². The van der Waals surface area contributed by atoms with Gasteiger partial charge in [0, 0.05) is 10.2 Å². The first-order chi connectivity index (χ1) is 9.27. The topological polar surface area (TPSA) is 38.0 Å². The van der Waals surface area contributed by atoms with Crippen LogP contribution in [0.2, 0.25) is 0 Å². The molecule has 2 aromatic carbocycles. The second-order valence-corrected chi connectivity index (χ2v) is 4.96. The molecule has 0 saturated heterocycles. The number of nitrogen functional groups attached to an aromatic ring is 1. The van der Waals surface area contributed by atoms with Gasteiger partial charge in [0.05, 0.1) is 16.9 Å². The van der Waals surface area contributed by atoms with Gasteiger partial charge in [-0.25, -0.2) is 4.39 Å². The van der Waals surface area contributed by atoms with Crippen LogP contribution in [0.25, 0.3) is 0 Å². The minimum atomic E-state index is -4.74. The van der Waals surface area contributed by atoms with Crippen molar-refractivity contribution >= 4 is 33.0 Å². The number of benzene rings is 2. The molecule has 0 bridgehead atoms. The van der Waals surface area contributed by atoms with Gasteiger partial charge in [-0.3, -0.25) is 0 Å². The van der Waals surface area contributed by atoms with Gasteiger partial charge in [0.2, 0.25) is 0 Å². The van der Waals surface area contributed by atoms with Crippen molar-refractivity contribution in [1.82, 2.24) is 0 Å². The summed E-state index contributed by atoms with van der Waals surface area (Å²) >= 11 is 3.22. The molecule has 106 valence electrons. The van der Waals surface area contributed by atoms with E-state index in [9.17, 15) is 17.6 Å². The molecule has 2 nitrogen and oxygen atoms in total. The first kappa shape index (κ1) is 14.6. The molecule has 20 heavy (non-hydrogen) atoms. The summed E-state index contributed by atoms with van der Waals surface area (Å²) in [4.78, 5) is 0. The summed E-state index contributed by atoms with van der Waals surface area (Å²) in [6, 6.07) is 7.59. The van der Waals surface area contributed by atoms with Gasteiger partial charge < -0.3 is 11.1 Å². The molecule has 0 aliphatic carbocycles. The number of rotatable bonds is 2. The maximum atomic E-state index is 13.2. The molecular formula is C13H9BrF4N2. The van der Waals surface area contributed by atoms with E-state index in [2.05, 4.69) is 21.2 Å². The normalized spacial score (nSPS) is 11.4. The van der Waals surface area contributed by atoms with Crippen LogP contribution in [0.3, 0.4) is 0 Å². The summed E-state index contributed by atoms with van der Waals surface area (Å²) in [5.74, 6) is -1.31. The second kappa shape index (κ2) is 5.32. The third kappa shape index (κ3) is 3.22. The number of nitrogens with two attached hydrogens (primary N) is 1. The molecule has 0 aliphatic heterocycles. The Morgan fingerprint density at radius 2 is 1.75 bits per heavy atom. The second-order valence-electron chi connectivity index (χ2n) is 4.05. The SMILES string of the molecule is Nc1cc(Br)ccc1Nc1ccc(F)c(C(F)(F)F)c1. The summed E-state index contributed by atoms with van der Waals surface area (Å²) in [5, 5.41) is 2.73. The molecule has 0 aromatic heterocycles. The number of halogens is 5. The molecule has 3 N–H and O–H groups in total. The van der Waals surface area contributed by atoms with Crippen LogP contribution in [0.1, 0.15) is 5.56 Å². The summed E-state index contributed by atoms with van der Waals surface area (Å²) in [6.07, 6.45) is -4.74. The Morgan fingerprint density at radius 3 is 2.35 bits per heavy atom. The lowest BCUT2D eigenvalue weighted by molar-refractivity contribution is -0.139. The minimum Gasteiger partial charge on any atom is -0.397 e. The smallest absolute Gasteiger partial charge is 0.397 e. The zero-order chi connectivity index (χ0) is 14.9. The molecule has 0 radical (unpaired) electrons. The Bertz CT molecular complexity index is 641. The molecule has 0 unspecified atom stereocenters. The van der Waals surface area contributed by atoms with Crippen LogP contribution in [-0.2, 0) is 6.18 Å². The van der Waals surface area contributed by atoms with Gasteiger partial charge in [-0.15, -0.1) is 0 Å². The van der Waals surface area contributed by atoms with Crippen LogP contribution in [0, 0.1) is 5.82 Å². The highest BCUT2D eigenvalue weighted by atomic mass is 79.9. The fourth-order valence-electron chi connectivity index (χ4n) is 1.62. The number of anilines is 3. The van der Waals surface area contributed by atoms with Crippen molar-refractivity contribution in [2.45, 2.75) is 6.18 Å². The average Bonchev–Trinajstić information content (AvgIpc) is 2.33. The van der Waals surface area contributed by atoms with Gasteiger partial charge in [-0.1, -0.05) is 15.9 Å². The first-order valence-electron chi connectivity index (χ1n) is 5.46. The van der Waals surface area contributed by atoms with E-state index in [4.69, 9.17) is 5.73 Å². The van der Waals surface area contributed by atoms with Crippen molar-refractivity contribution in [3.63, 3.8) is 0 Å². The summed E-state index contributed by atoms with van der Waals surface area (Å²) in [5.41, 5.74) is 5.31. The summed E-state index contributed by atoms with van der Waals surface area (Å²) in [6.45, 7) is 0. The largest absolute Gasteiger partial charge is 0.419 e. The molecule has 2 rings (SSSR count). The zero-order valence-corrected chi connectivity index (χ0v) is 11.5. The van der Waals surface area contributed by atoms with Crippen LogP contribution in [0.15, 0.2) is 40.9 Å². The highest BCUT2D eigenvalue weighted by Gasteiger charge is 2.34. The molecule has 0 fully saturated rings. The Labute approximate surface area is 120 Å². The molecule has 0 spiro atoms. The van der Waals surface area contributed by atoms with Crippen LogP contribution in [-0.4, -0.2) is 0 Å². The van der Waals surface area contributed by atoms with Gasteiger partial charge in [0.25, 0.3) is 0 Å². The van der Waals surface area contributed by atoms with E-state index in [0.29, 0.717) is 17.4 Å². The molecule has 0 saturated carbocycles. The summed E-state index contributed by atoms with van der Waals surface area (Å²) < 4.78 is 51.7. The number of alkyl halides is 3. The number of nitrogens with one attached hydrogen (secondary N) is 1. The van der Waals surface area contributed by atoms with Crippen molar-refractivity contribution in [1.29, 1.82) is 0 Å². The minimum absolute atomic E-state index is 0.104. The van der Waals surface area contributed by atoms with Crippen molar-refractivity contribution < 1.29 is 17.6 Å². The van der Waals surface area contributed by atoms with Gasteiger partial charge in [-0.05, 0) is 36.4 Å². The average molecular weight is 349 g/mol. The van der Waals surface area contributed by atoms with Crippen molar-refractivity contribution in [3.05, 3.63) is 52.3 Å². The molecule has 0 aliphatic rings. The van der Waals surface area contributed by atoms with E-state index in [-0.39, 0.29) is 5.69 Å². The lowest BCUT2D eigenvalue weighted by atomic mass is 10.1. The van der Waals surface area contributed by atoms with Crippen molar-refractivity contribution in [3.8, 4) is 0 Å². The zero-order valence-electron chi connectivity index (χ0n) is 9.93. The third-order valence-electron chi connectivity index (χ3n) is 2.56. The van der Waals surface area contributed by atoms with Crippen LogP contribution >= 0.6 is 15.9 Å². The maximum Gasteiger partial charge on any atom is 0.419 e. The van der Waals surface area contributed by atoms with E-state index in [1.807, 2.05) is 0 Å². The van der Waals surface area contributed by atoms with E-state index in [0.717, 1.165) is 10.5 Å². The maximum absolute atomic E-state index is 13.2. The highest BCUT2D eigenvalue weighted by Crippen LogP contribution is 2.34. The Kier molecular flexibility index (Phi) is 3.89. The van der Waals surface area contributed by atoms with Crippen molar-refractivity contribution in [2.75, 3.05) is 11.1 Å². The van der Waals surface area contributed by atoms with E-state index in [1.54, 1.807) is 18.2 Å². The third-order valence-corrected chi connectivity index (χ3v) is 3.06. The summed E-state index contributed by atoms with van der Waals surface area (Å²) in [7, 11) is 0. The standard InChI is InChI=1S/C13H9BrF4N2/c14-7-1-4-12(11(19)5-7)20-8-2-3-10(15)9(6-8)13(16,17)18/h1-6,20H,19H2. The highest BCUT2D eigenvalue weighted by molar-refractivity contribution is 9.10. The lowest BCUT2D eigenvalue weighted by Gasteiger charge is -2.13. The molecule has 0 heterocycles. The number of hydrogen-bond donors (Lipinski definition) is 2. The van der Waals surface area contributed by atoms with E-state index < -0.39 is 17.6 Å². The Morgan fingerprint density at radius 1 is 1.05 bits per heavy atom. The fourth-order valence-corrected chi connectivity index (χ4v) is 2.00. The predicted octanol–water partition coefficient (Wildman–Crippen LogP) is 4.93. The fraction of sp³-hybridized carbons (Fsp3) is 0.0769. The Balaban J connectivity index is 2.35. The van der Waals surface area contributed by atoms with Gasteiger partial charge >= 0.3 is 6.18 Å². The van der Waals surface area contributed by atoms with E-state index >= 15 is 0 Å². The van der Waals surface area contributed by atoms with E-state index in [1.165, 1.54) is 6.07 Å². The monoisotopic (exact) mass is 348 g/mol. The lowest BCUT2D eigenvalue weighted by Crippen LogP contribution is -2.08. The molecular weight excluding hydrogens is 340 g/mol. The van der Waals surface area contributed by atoms with Gasteiger partial charge in [0.15, 0.2) is 0 Å². The first-order valence-corrected chi connectivity index (χ1v) is 6.25. The number of hydrogen-bond acceptors (Lipinski definition) is 2. The van der Waals surface area contributed by atoms with Crippen molar-refractivity contribution in [2.24, 2.45) is 0 Å². The van der Waals surface area contributed by atoms with Crippen LogP contribution in [0.5, 0.6) is 0 Å². The quantitative estimate of drug-likeness (QED) is 0.596. The molecule has 0 amide bonds.